The van der Waals surface area contributed by atoms with Crippen molar-refractivity contribution < 1.29 is 18.0 Å². The predicted octanol–water partition coefficient (Wildman–Crippen LogP) is 2.92. The smallest absolute Gasteiger partial charge is 0.264 e. The Morgan fingerprint density at radius 1 is 1.12 bits per heavy atom. The van der Waals surface area contributed by atoms with E-state index in [9.17, 15) is 13.2 Å². The molecule has 2 rings (SSSR count). The minimum atomic E-state index is -3.72. The molecule has 0 aliphatic heterocycles. The van der Waals surface area contributed by atoms with Crippen LogP contribution in [0.2, 0.25) is 0 Å². The summed E-state index contributed by atoms with van der Waals surface area (Å²) >= 11 is 0. The van der Waals surface area contributed by atoms with E-state index in [1.54, 1.807) is 0 Å². The fourth-order valence-corrected chi connectivity index (χ4v) is 3.40. The Balaban J connectivity index is 2.10. The Morgan fingerprint density at radius 2 is 1.69 bits per heavy atom. The minimum absolute atomic E-state index is 0.0570. The molecule has 7 heteroatoms. The van der Waals surface area contributed by atoms with Gasteiger partial charge in [0.2, 0.25) is 0 Å². The molecule has 1 N–H and O–H groups in total. The number of aryl methyl sites for hydroxylation is 1. The first-order valence-corrected chi connectivity index (χ1v) is 9.76. The highest BCUT2D eigenvalue weighted by molar-refractivity contribution is 7.89. The van der Waals surface area contributed by atoms with Crippen LogP contribution in [0, 0.1) is 0 Å². The summed E-state index contributed by atoms with van der Waals surface area (Å²) in [4.78, 5) is 17.2. The third kappa shape index (κ3) is 4.49. The maximum Gasteiger partial charge on any atom is 0.264 e. The molecule has 0 saturated heterocycles. The Hall–Kier alpha value is -2.22. The summed E-state index contributed by atoms with van der Waals surface area (Å²) in [5.41, 5.74) is 2.64. The van der Waals surface area contributed by atoms with Gasteiger partial charge >= 0.3 is 0 Å². The number of amides is 1. The van der Waals surface area contributed by atoms with Crippen LogP contribution in [0.3, 0.4) is 0 Å². The second-order valence-corrected chi connectivity index (χ2v) is 7.85. The van der Waals surface area contributed by atoms with Gasteiger partial charge in [0.05, 0.1) is 18.0 Å². The number of hydrogen-bond donors (Lipinski definition) is 1. The monoisotopic (exact) mass is 376 g/mol. The summed E-state index contributed by atoms with van der Waals surface area (Å²) in [6.45, 7) is 4.00. The van der Waals surface area contributed by atoms with Gasteiger partial charge in [0, 0.05) is 12.6 Å². The van der Waals surface area contributed by atoms with E-state index in [4.69, 9.17) is 4.84 Å². The topological polar surface area (TPSA) is 75.7 Å². The lowest BCUT2D eigenvalue weighted by molar-refractivity contribution is -0.0258. The van der Waals surface area contributed by atoms with Gasteiger partial charge in [-0.2, -0.15) is 0 Å². The van der Waals surface area contributed by atoms with Gasteiger partial charge in [0.1, 0.15) is 0 Å². The van der Waals surface area contributed by atoms with E-state index in [1.165, 1.54) is 44.0 Å². The van der Waals surface area contributed by atoms with E-state index < -0.39 is 10.0 Å². The average molecular weight is 376 g/mol. The van der Waals surface area contributed by atoms with E-state index in [2.05, 4.69) is 12.2 Å². The van der Waals surface area contributed by atoms with Gasteiger partial charge < -0.3 is 5.32 Å². The van der Waals surface area contributed by atoms with Crippen molar-refractivity contribution in [2.45, 2.75) is 31.2 Å². The molecule has 0 bridgehead atoms. The zero-order chi connectivity index (χ0) is 19.3. The molecule has 1 atom stereocenters. The van der Waals surface area contributed by atoms with Crippen molar-refractivity contribution in [2.75, 3.05) is 14.2 Å². The molecule has 0 fully saturated rings. The van der Waals surface area contributed by atoms with Crippen molar-refractivity contribution in [2.24, 2.45) is 0 Å². The molecule has 1 unspecified atom stereocenters. The minimum Gasteiger partial charge on any atom is -0.346 e. The van der Waals surface area contributed by atoms with Crippen LogP contribution >= 0.6 is 0 Å². The summed E-state index contributed by atoms with van der Waals surface area (Å²) in [6, 6.07) is 13.7. The van der Waals surface area contributed by atoms with Gasteiger partial charge in [-0.1, -0.05) is 35.7 Å². The van der Waals surface area contributed by atoms with E-state index in [-0.39, 0.29) is 16.8 Å². The number of nitrogens with zero attached hydrogens (tertiary/aromatic N) is 1. The third-order valence-corrected chi connectivity index (χ3v) is 5.94. The molecule has 140 valence electrons. The molecule has 0 aromatic heterocycles. The number of rotatable bonds is 7. The number of hydrogen-bond acceptors (Lipinski definition) is 4. The number of sulfonamides is 1. The van der Waals surface area contributed by atoms with Gasteiger partial charge in [-0.25, -0.2) is 8.42 Å². The Labute approximate surface area is 154 Å². The number of benzene rings is 2. The molecular weight excluding hydrogens is 352 g/mol. The van der Waals surface area contributed by atoms with Crippen molar-refractivity contribution in [3.63, 3.8) is 0 Å². The second-order valence-electron chi connectivity index (χ2n) is 5.91. The predicted molar refractivity (Wildman–Crippen MR) is 100 cm³/mol. The van der Waals surface area contributed by atoms with Crippen LogP contribution in [0.5, 0.6) is 0 Å². The first-order valence-electron chi connectivity index (χ1n) is 8.32. The van der Waals surface area contributed by atoms with Gasteiger partial charge in [-0.3, -0.25) is 9.63 Å². The summed E-state index contributed by atoms with van der Waals surface area (Å²) in [6.07, 6.45) is 0.967. The number of carbonyl (C=O) groups excluding carboxylic acids is 1. The lowest BCUT2D eigenvalue weighted by Gasteiger charge is -2.16. The summed E-state index contributed by atoms with van der Waals surface area (Å²) in [5, 5.41) is 2.92. The summed E-state index contributed by atoms with van der Waals surface area (Å²) in [5.74, 6) is -0.263. The van der Waals surface area contributed by atoms with E-state index >= 15 is 0 Å². The number of nitrogens with one attached hydrogen (secondary N) is 1. The molecule has 1 amide bonds. The molecule has 0 aliphatic carbocycles. The standard InChI is InChI=1S/C19H24N2O4S/c1-5-15-6-8-16(9-7-15)14(2)20-19(22)17-10-12-18(13-11-17)26(23,24)21(3)25-4/h6-14H,5H2,1-4H3,(H,20,22). The Kier molecular flexibility index (Phi) is 6.52. The van der Waals surface area contributed by atoms with E-state index in [0.29, 0.717) is 5.56 Å². The molecule has 0 aliphatic rings. The van der Waals surface area contributed by atoms with Crippen LogP contribution in [-0.4, -0.2) is 33.0 Å². The van der Waals surface area contributed by atoms with Crippen LogP contribution in [0.1, 0.15) is 41.4 Å². The second kappa shape index (κ2) is 8.44. The maximum absolute atomic E-state index is 12.4. The molecule has 6 nitrogen and oxygen atoms in total. The van der Waals surface area contributed by atoms with Crippen LogP contribution in [0.4, 0.5) is 0 Å². The fourth-order valence-electron chi connectivity index (χ4n) is 2.43. The zero-order valence-electron chi connectivity index (χ0n) is 15.4. The van der Waals surface area contributed by atoms with Crippen LogP contribution in [-0.2, 0) is 21.3 Å². The first kappa shape index (κ1) is 20.1. The van der Waals surface area contributed by atoms with Crippen molar-refractivity contribution in [1.82, 2.24) is 9.79 Å². The highest BCUT2D eigenvalue weighted by atomic mass is 32.2. The van der Waals surface area contributed by atoms with E-state index in [1.807, 2.05) is 31.2 Å². The molecule has 0 radical (unpaired) electrons. The molecule has 2 aromatic rings. The highest BCUT2D eigenvalue weighted by Crippen LogP contribution is 2.17. The van der Waals surface area contributed by atoms with E-state index in [0.717, 1.165) is 16.5 Å². The zero-order valence-corrected chi connectivity index (χ0v) is 16.2. The molecular formula is C19H24N2O4S. The summed E-state index contributed by atoms with van der Waals surface area (Å²) < 4.78 is 25.1. The summed E-state index contributed by atoms with van der Waals surface area (Å²) in [7, 11) is -1.15. The van der Waals surface area contributed by atoms with Crippen molar-refractivity contribution in [3.8, 4) is 0 Å². The Bertz CT molecular complexity index is 846. The van der Waals surface area contributed by atoms with Crippen molar-refractivity contribution in [3.05, 3.63) is 65.2 Å². The molecule has 0 spiro atoms. The van der Waals surface area contributed by atoms with Crippen molar-refractivity contribution in [1.29, 1.82) is 0 Å². The third-order valence-electron chi connectivity index (χ3n) is 4.25. The van der Waals surface area contributed by atoms with Crippen LogP contribution in [0.25, 0.3) is 0 Å². The number of carbonyl (C=O) groups is 1. The maximum atomic E-state index is 12.4. The largest absolute Gasteiger partial charge is 0.346 e. The quantitative estimate of drug-likeness (QED) is 0.754. The highest BCUT2D eigenvalue weighted by Gasteiger charge is 2.21. The normalized spacial score (nSPS) is 12.8. The lowest BCUT2D eigenvalue weighted by atomic mass is 10.0. The van der Waals surface area contributed by atoms with Gasteiger partial charge in [0.15, 0.2) is 0 Å². The van der Waals surface area contributed by atoms with Gasteiger partial charge in [0.25, 0.3) is 15.9 Å². The van der Waals surface area contributed by atoms with Gasteiger partial charge in [-0.05, 0) is 48.7 Å². The lowest BCUT2D eigenvalue weighted by Crippen LogP contribution is -2.27. The Morgan fingerprint density at radius 3 is 2.19 bits per heavy atom. The van der Waals surface area contributed by atoms with Crippen LogP contribution < -0.4 is 5.32 Å². The molecule has 0 saturated carbocycles. The van der Waals surface area contributed by atoms with Crippen molar-refractivity contribution >= 4 is 15.9 Å². The SMILES string of the molecule is CCc1ccc(C(C)NC(=O)c2ccc(S(=O)(=O)N(C)OC)cc2)cc1. The molecule has 0 heterocycles. The fraction of sp³-hybridized carbons (Fsp3) is 0.316. The number of hydroxylamine groups is 1. The molecule has 2 aromatic carbocycles. The first-order chi connectivity index (χ1) is 12.3. The van der Waals surface area contributed by atoms with Crippen LogP contribution in [0.15, 0.2) is 53.4 Å². The van der Waals surface area contributed by atoms with Gasteiger partial charge in [-0.15, -0.1) is 0 Å². The molecule has 26 heavy (non-hydrogen) atoms. The average Bonchev–Trinajstić information content (AvgIpc) is 2.67.